The van der Waals surface area contributed by atoms with Crippen molar-refractivity contribution in [2.45, 2.75) is 13.3 Å². The van der Waals surface area contributed by atoms with Gasteiger partial charge in [-0.25, -0.2) is 4.39 Å². The molecule has 0 atom stereocenters. The molecule has 92 valence electrons. The lowest BCUT2D eigenvalue weighted by atomic mass is 10.1. The van der Waals surface area contributed by atoms with Crippen LogP contribution in [0, 0.1) is 5.82 Å². The standard InChI is InChI=1S/C16H14ClF/c1-2-12-3-5-13(6-4-12)7-8-14-9-15(17)11-16(18)10-14/h3-11H,2H2,1H3/b8-7+. The lowest BCUT2D eigenvalue weighted by Crippen LogP contribution is -1.80. The van der Waals surface area contributed by atoms with Crippen LogP contribution in [-0.4, -0.2) is 0 Å². The summed E-state index contributed by atoms with van der Waals surface area (Å²) in [4.78, 5) is 0. The van der Waals surface area contributed by atoms with Crippen molar-refractivity contribution in [3.05, 3.63) is 70.0 Å². The summed E-state index contributed by atoms with van der Waals surface area (Å²) < 4.78 is 13.1. The van der Waals surface area contributed by atoms with Gasteiger partial charge in [0.1, 0.15) is 5.82 Å². The third-order valence-corrected chi connectivity index (χ3v) is 2.96. The molecule has 0 radical (unpaired) electrons. The Morgan fingerprint density at radius 1 is 1.00 bits per heavy atom. The zero-order valence-corrected chi connectivity index (χ0v) is 10.9. The van der Waals surface area contributed by atoms with Crippen LogP contribution in [0.1, 0.15) is 23.6 Å². The van der Waals surface area contributed by atoms with Crippen molar-refractivity contribution < 1.29 is 4.39 Å². The predicted octanol–water partition coefficient (Wildman–Crippen LogP) is 5.21. The molecule has 0 aliphatic carbocycles. The van der Waals surface area contributed by atoms with Gasteiger partial charge in [-0.3, -0.25) is 0 Å². The summed E-state index contributed by atoms with van der Waals surface area (Å²) in [6, 6.07) is 12.8. The first-order valence-corrected chi connectivity index (χ1v) is 6.28. The van der Waals surface area contributed by atoms with Crippen LogP contribution in [-0.2, 0) is 6.42 Å². The number of halogens is 2. The Bertz CT molecular complexity index is 536. The van der Waals surface area contributed by atoms with Crippen LogP contribution in [0.3, 0.4) is 0 Å². The Labute approximate surface area is 112 Å². The Balaban J connectivity index is 2.18. The summed E-state index contributed by atoms with van der Waals surface area (Å²) in [5.41, 5.74) is 3.16. The zero-order chi connectivity index (χ0) is 13.0. The molecular weight excluding hydrogens is 247 g/mol. The smallest absolute Gasteiger partial charge is 0.125 e. The van der Waals surface area contributed by atoms with Gasteiger partial charge < -0.3 is 0 Å². The molecule has 0 nitrogen and oxygen atoms in total. The molecule has 0 fully saturated rings. The molecule has 18 heavy (non-hydrogen) atoms. The molecular formula is C16H14ClF. The molecule has 2 heteroatoms. The molecule has 0 heterocycles. The molecule has 0 saturated carbocycles. The van der Waals surface area contributed by atoms with Gasteiger partial charge in [0.15, 0.2) is 0 Å². The third-order valence-electron chi connectivity index (χ3n) is 2.74. The second-order valence-corrected chi connectivity index (χ2v) is 4.57. The third kappa shape index (κ3) is 3.44. The van der Waals surface area contributed by atoms with E-state index >= 15 is 0 Å². The summed E-state index contributed by atoms with van der Waals surface area (Å²) in [7, 11) is 0. The van der Waals surface area contributed by atoms with Crippen molar-refractivity contribution in [2.24, 2.45) is 0 Å². The fourth-order valence-electron chi connectivity index (χ4n) is 1.73. The summed E-state index contributed by atoms with van der Waals surface area (Å²) in [5, 5.41) is 0.413. The highest BCUT2D eigenvalue weighted by molar-refractivity contribution is 6.30. The normalized spacial score (nSPS) is 11.1. The highest BCUT2D eigenvalue weighted by atomic mass is 35.5. The van der Waals surface area contributed by atoms with E-state index in [9.17, 15) is 4.39 Å². The lowest BCUT2D eigenvalue weighted by Gasteiger charge is -1.98. The first kappa shape index (κ1) is 12.8. The van der Waals surface area contributed by atoms with Crippen molar-refractivity contribution in [1.29, 1.82) is 0 Å². The van der Waals surface area contributed by atoms with Crippen molar-refractivity contribution in [1.82, 2.24) is 0 Å². The highest BCUT2D eigenvalue weighted by Gasteiger charge is 1.96. The highest BCUT2D eigenvalue weighted by Crippen LogP contribution is 2.16. The second-order valence-electron chi connectivity index (χ2n) is 4.13. The topological polar surface area (TPSA) is 0 Å². The van der Waals surface area contributed by atoms with Gasteiger partial charge in [-0.1, -0.05) is 54.9 Å². The van der Waals surface area contributed by atoms with Gasteiger partial charge >= 0.3 is 0 Å². The molecule has 0 spiro atoms. The Hall–Kier alpha value is -1.60. The molecule has 2 aromatic carbocycles. The van der Waals surface area contributed by atoms with E-state index in [0.717, 1.165) is 17.5 Å². The lowest BCUT2D eigenvalue weighted by molar-refractivity contribution is 0.627. The van der Waals surface area contributed by atoms with Gasteiger partial charge in [-0.2, -0.15) is 0 Å². The monoisotopic (exact) mass is 260 g/mol. The predicted molar refractivity (Wildman–Crippen MR) is 76.2 cm³/mol. The van der Waals surface area contributed by atoms with Crippen molar-refractivity contribution in [2.75, 3.05) is 0 Å². The van der Waals surface area contributed by atoms with E-state index in [4.69, 9.17) is 11.6 Å². The summed E-state index contributed by atoms with van der Waals surface area (Å²) >= 11 is 5.80. The molecule has 2 aromatic rings. The largest absolute Gasteiger partial charge is 0.207 e. The maximum absolute atomic E-state index is 13.1. The molecule has 0 aliphatic heterocycles. The maximum Gasteiger partial charge on any atom is 0.125 e. The molecule has 0 saturated heterocycles. The van der Waals surface area contributed by atoms with Crippen molar-refractivity contribution in [3.8, 4) is 0 Å². The van der Waals surface area contributed by atoms with Crippen molar-refractivity contribution in [3.63, 3.8) is 0 Å². The van der Waals surface area contributed by atoms with Gasteiger partial charge in [-0.05, 0) is 41.3 Å². The Morgan fingerprint density at radius 2 is 1.67 bits per heavy atom. The summed E-state index contributed by atoms with van der Waals surface area (Å²) in [6.07, 6.45) is 4.84. The minimum atomic E-state index is -0.316. The number of benzene rings is 2. The van der Waals surface area contributed by atoms with Gasteiger partial charge in [-0.15, -0.1) is 0 Å². The van der Waals surface area contributed by atoms with E-state index in [1.54, 1.807) is 6.07 Å². The van der Waals surface area contributed by atoms with E-state index in [1.165, 1.54) is 17.7 Å². The van der Waals surface area contributed by atoms with Gasteiger partial charge in [0.05, 0.1) is 0 Å². The summed E-state index contributed by atoms with van der Waals surface area (Å²) in [6.45, 7) is 2.12. The van der Waals surface area contributed by atoms with E-state index in [1.807, 2.05) is 12.2 Å². The average Bonchev–Trinajstić information content (AvgIpc) is 2.36. The van der Waals surface area contributed by atoms with Crippen LogP contribution in [0.5, 0.6) is 0 Å². The molecule has 0 N–H and O–H groups in total. The zero-order valence-electron chi connectivity index (χ0n) is 10.2. The van der Waals surface area contributed by atoms with E-state index in [-0.39, 0.29) is 5.82 Å². The maximum atomic E-state index is 13.1. The number of hydrogen-bond donors (Lipinski definition) is 0. The minimum Gasteiger partial charge on any atom is -0.207 e. The molecule has 0 amide bonds. The number of hydrogen-bond acceptors (Lipinski definition) is 0. The Kier molecular flexibility index (Phi) is 4.16. The SMILES string of the molecule is CCc1ccc(/C=C/c2cc(F)cc(Cl)c2)cc1. The first-order chi connectivity index (χ1) is 8.67. The van der Waals surface area contributed by atoms with Crippen LogP contribution in [0.25, 0.3) is 12.2 Å². The van der Waals surface area contributed by atoms with Gasteiger partial charge in [0.2, 0.25) is 0 Å². The van der Waals surface area contributed by atoms with Gasteiger partial charge in [0, 0.05) is 5.02 Å². The first-order valence-electron chi connectivity index (χ1n) is 5.90. The minimum absolute atomic E-state index is 0.316. The second kappa shape index (κ2) is 5.83. The van der Waals surface area contributed by atoms with Crippen LogP contribution >= 0.6 is 11.6 Å². The molecule has 0 aliphatic rings. The molecule has 2 rings (SSSR count). The van der Waals surface area contributed by atoms with Crippen LogP contribution in [0.4, 0.5) is 4.39 Å². The van der Waals surface area contributed by atoms with Crippen LogP contribution in [0.2, 0.25) is 5.02 Å². The number of aryl methyl sites for hydroxylation is 1. The van der Waals surface area contributed by atoms with Gasteiger partial charge in [0.25, 0.3) is 0 Å². The molecule has 0 aromatic heterocycles. The molecule has 0 unspecified atom stereocenters. The van der Waals surface area contributed by atoms with E-state index < -0.39 is 0 Å². The fraction of sp³-hybridized carbons (Fsp3) is 0.125. The Morgan fingerprint density at radius 3 is 2.28 bits per heavy atom. The number of rotatable bonds is 3. The molecule has 0 bridgehead atoms. The summed E-state index contributed by atoms with van der Waals surface area (Å²) in [5.74, 6) is -0.316. The van der Waals surface area contributed by atoms with E-state index in [0.29, 0.717) is 5.02 Å². The quantitative estimate of drug-likeness (QED) is 0.665. The van der Waals surface area contributed by atoms with Crippen molar-refractivity contribution >= 4 is 23.8 Å². The fourth-order valence-corrected chi connectivity index (χ4v) is 1.96. The van der Waals surface area contributed by atoms with E-state index in [2.05, 4.69) is 31.2 Å². The van der Waals surface area contributed by atoms with Crippen LogP contribution < -0.4 is 0 Å². The van der Waals surface area contributed by atoms with Crippen LogP contribution in [0.15, 0.2) is 42.5 Å². The average molecular weight is 261 g/mol.